The van der Waals surface area contributed by atoms with Crippen molar-refractivity contribution in [3.63, 3.8) is 0 Å². The second-order valence-electron chi connectivity index (χ2n) is 6.70. The lowest BCUT2D eigenvalue weighted by Crippen LogP contribution is -2.29. The Bertz CT molecular complexity index is 697. The molecule has 0 saturated heterocycles. The average molecular weight is 320 g/mol. The highest BCUT2D eigenvalue weighted by molar-refractivity contribution is 7.14. The van der Waals surface area contributed by atoms with Gasteiger partial charge in [0.25, 0.3) is 0 Å². The zero-order chi connectivity index (χ0) is 15.9. The second kappa shape index (κ2) is 5.52. The molecule has 0 spiro atoms. The lowest BCUT2D eigenvalue weighted by atomic mass is 9.93. The molecule has 5 nitrogen and oxygen atoms in total. The number of carbonyl (C=O) groups is 1. The van der Waals surface area contributed by atoms with Gasteiger partial charge in [-0.25, -0.2) is 9.78 Å². The Kier molecular flexibility index (Phi) is 3.82. The first-order valence-electron chi connectivity index (χ1n) is 7.35. The number of carboxylic acid groups (broad SMARTS) is 1. The fourth-order valence-electron chi connectivity index (χ4n) is 2.53. The van der Waals surface area contributed by atoms with E-state index in [1.165, 1.54) is 16.9 Å². The number of hydrogen-bond donors (Lipinski definition) is 1. The van der Waals surface area contributed by atoms with E-state index in [0.29, 0.717) is 11.4 Å². The van der Waals surface area contributed by atoms with E-state index >= 15 is 0 Å². The Labute approximate surface area is 133 Å². The van der Waals surface area contributed by atoms with E-state index in [4.69, 9.17) is 9.52 Å². The summed E-state index contributed by atoms with van der Waals surface area (Å²) in [7, 11) is 0. The molecule has 0 aliphatic carbocycles. The van der Waals surface area contributed by atoms with Crippen molar-refractivity contribution in [2.45, 2.75) is 45.7 Å². The second-order valence-corrected chi connectivity index (χ2v) is 7.84. The fraction of sp³-hybridized carbons (Fsp3) is 0.500. The summed E-state index contributed by atoms with van der Waals surface area (Å²) in [4.78, 5) is 19.5. The van der Waals surface area contributed by atoms with E-state index in [0.717, 1.165) is 36.0 Å². The molecule has 0 fully saturated rings. The van der Waals surface area contributed by atoms with Gasteiger partial charge < -0.3 is 9.52 Å². The standard InChI is InChI=1S/C16H20N2O3S/c1-16(2,3)13-9-21-14(17-13)8-18-5-4-10-6-11(15(19)20)22-12(10)7-18/h6,9H,4-5,7-8H2,1-3H3,(H,19,20). The van der Waals surface area contributed by atoms with E-state index in [-0.39, 0.29) is 5.41 Å². The van der Waals surface area contributed by atoms with Crippen molar-refractivity contribution in [3.8, 4) is 0 Å². The number of aromatic carboxylic acids is 1. The van der Waals surface area contributed by atoms with E-state index in [2.05, 4.69) is 30.7 Å². The molecule has 0 atom stereocenters. The third kappa shape index (κ3) is 3.08. The van der Waals surface area contributed by atoms with Crippen molar-refractivity contribution in [3.05, 3.63) is 39.2 Å². The normalized spacial score (nSPS) is 15.8. The van der Waals surface area contributed by atoms with E-state index in [9.17, 15) is 4.79 Å². The molecule has 2 aromatic heterocycles. The molecule has 0 bridgehead atoms. The van der Waals surface area contributed by atoms with Gasteiger partial charge in [0.1, 0.15) is 11.1 Å². The summed E-state index contributed by atoms with van der Waals surface area (Å²) in [6, 6.07) is 1.81. The number of rotatable bonds is 3. The predicted octanol–water partition coefficient (Wildman–Crippen LogP) is 3.29. The van der Waals surface area contributed by atoms with Gasteiger partial charge in [0.15, 0.2) is 0 Å². The Hall–Kier alpha value is -1.66. The molecule has 3 heterocycles. The third-order valence-electron chi connectivity index (χ3n) is 3.85. The Morgan fingerprint density at radius 3 is 2.91 bits per heavy atom. The fourth-order valence-corrected chi connectivity index (χ4v) is 3.63. The summed E-state index contributed by atoms with van der Waals surface area (Å²) in [5.41, 5.74) is 2.12. The smallest absolute Gasteiger partial charge is 0.345 e. The molecule has 0 unspecified atom stereocenters. The van der Waals surface area contributed by atoms with Crippen LogP contribution in [0.4, 0.5) is 0 Å². The van der Waals surface area contributed by atoms with E-state index in [1.807, 2.05) is 6.07 Å². The van der Waals surface area contributed by atoms with Gasteiger partial charge in [-0.05, 0) is 18.1 Å². The molecule has 1 aliphatic rings. The van der Waals surface area contributed by atoms with Crippen molar-refractivity contribution in [1.29, 1.82) is 0 Å². The number of hydrogen-bond acceptors (Lipinski definition) is 5. The molecule has 1 aliphatic heterocycles. The molecule has 0 radical (unpaired) electrons. The summed E-state index contributed by atoms with van der Waals surface area (Å²) < 4.78 is 5.58. The number of thiophene rings is 1. The van der Waals surface area contributed by atoms with Gasteiger partial charge >= 0.3 is 5.97 Å². The van der Waals surface area contributed by atoms with Gasteiger partial charge in [-0.3, -0.25) is 4.90 Å². The van der Waals surface area contributed by atoms with E-state index in [1.54, 1.807) is 6.26 Å². The monoisotopic (exact) mass is 320 g/mol. The minimum absolute atomic E-state index is 0.0129. The minimum atomic E-state index is -0.839. The molecule has 0 amide bonds. The Morgan fingerprint density at radius 2 is 2.27 bits per heavy atom. The van der Waals surface area contributed by atoms with Crippen molar-refractivity contribution in [1.82, 2.24) is 9.88 Å². The highest BCUT2D eigenvalue weighted by Gasteiger charge is 2.24. The Balaban J connectivity index is 1.70. The first-order chi connectivity index (χ1) is 10.3. The van der Waals surface area contributed by atoms with Gasteiger partial charge in [0.05, 0.1) is 12.2 Å². The van der Waals surface area contributed by atoms with Crippen LogP contribution in [0.5, 0.6) is 0 Å². The van der Waals surface area contributed by atoms with Crippen LogP contribution in [0.3, 0.4) is 0 Å². The largest absolute Gasteiger partial charge is 0.477 e. The zero-order valence-electron chi connectivity index (χ0n) is 13.0. The van der Waals surface area contributed by atoms with Crippen molar-refractivity contribution < 1.29 is 14.3 Å². The maximum atomic E-state index is 11.1. The molecule has 0 aromatic carbocycles. The van der Waals surface area contributed by atoms with Crippen LogP contribution in [0.1, 0.15) is 52.5 Å². The van der Waals surface area contributed by atoms with Gasteiger partial charge in [0.2, 0.25) is 5.89 Å². The van der Waals surface area contributed by atoms with Crippen LogP contribution in [-0.4, -0.2) is 27.5 Å². The molecule has 2 aromatic rings. The van der Waals surface area contributed by atoms with Crippen LogP contribution in [0.15, 0.2) is 16.7 Å². The zero-order valence-corrected chi connectivity index (χ0v) is 13.9. The lowest BCUT2D eigenvalue weighted by molar-refractivity contribution is 0.0702. The van der Waals surface area contributed by atoms with Crippen LogP contribution >= 0.6 is 11.3 Å². The quantitative estimate of drug-likeness (QED) is 0.940. The summed E-state index contributed by atoms with van der Waals surface area (Å²) in [6.07, 6.45) is 2.62. The molecule has 6 heteroatoms. The number of oxazole rings is 1. The van der Waals surface area contributed by atoms with Crippen LogP contribution in [-0.2, 0) is 24.9 Å². The molecule has 3 rings (SSSR count). The molecule has 1 N–H and O–H groups in total. The molecule has 22 heavy (non-hydrogen) atoms. The average Bonchev–Trinajstić information content (AvgIpc) is 3.03. The van der Waals surface area contributed by atoms with Gasteiger partial charge in [-0.2, -0.15) is 0 Å². The number of aromatic nitrogens is 1. The van der Waals surface area contributed by atoms with Crippen LogP contribution in [0.2, 0.25) is 0 Å². The number of fused-ring (bicyclic) bond motifs is 1. The lowest BCUT2D eigenvalue weighted by Gasteiger charge is -2.25. The Morgan fingerprint density at radius 1 is 1.50 bits per heavy atom. The number of carboxylic acids is 1. The van der Waals surface area contributed by atoms with Gasteiger partial charge in [-0.1, -0.05) is 20.8 Å². The first-order valence-corrected chi connectivity index (χ1v) is 8.16. The SMILES string of the molecule is CC(C)(C)c1coc(CN2CCc3cc(C(=O)O)sc3C2)n1. The first kappa shape index (κ1) is 15.2. The molecular formula is C16H20N2O3S. The number of nitrogens with zero attached hydrogens (tertiary/aromatic N) is 2. The van der Waals surface area contributed by atoms with Crippen molar-refractivity contribution in [2.24, 2.45) is 0 Å². The van der Waals surface area contributed by atoms with Gasteiger partial charge in [-0.15, -0.1) is 11.3 Å². The van der Waals surface area contributed by atoms with Crippen LogP contribution < -0.4 is 0 Å². The van der Waals surface area contributed by atoms with Gasteiger partial charge in [0, 0.05) is 23.4 Å². The summed E-state index contributed by atoms with van der Waals surface area (Å²) in [6.45, 7) is 8.66. The molecule has 0 saturated carbocycles. The summed E-state index contributed by atoms with van der Waals surface area (Å²) in [5, 5.41) is 9.09. The topological polar surface area (TPSA) is 66.6 Å². The highest BCUT2D eigenvalue weighted by atomic mass is 32.1. The summed E-state index contributed by atoms with van der Waals surface area (Å²) >= 11 is 1.37. The predicted molar refractivity (Wildman–Crippen MR) is 84.3 cm³/mol. The highest BCUT2D eigenvalue weighted by Crippen LogP contribution is 2.29. The molecular weight excluding hydrogens is 300 g/mol. The van der Waals surface area contributed by atoms with E-state index < -0.39 is 5.97 Å². The maximum Gasteiger partial charge on any atom is 0.345 e. The minimum Gasteiger partial charge on any atom is -0.477 e. The van der Waals surface area contributed by atoms with Crippen LogP contribution in [0, 0.1) is 0 Å². The van der Waals surface area contributed by atoms with Crippen molar-refractivity contribution in [2.75, 3.05) is 6.54 Å². The maximum absolute atomic E-state index is 11.1. The van der Waals surface area contributed by atoms with Crippen LogP contribution in [0.25, 0.3) is 0 Å². The van der Waals surface area contributed by atoms with Crippen molar-refractivity contribution >= 4 is 17.3 Å². The third-order valence-corrected chi connectivity index (χ3v) is 5.00. The molecule has 118 valence electrons. The summed E-state index contributed by atoms with van der Waals surface area (Å²) in [5.74, 6) is -0.114.